The van der Waals surface area contributed by atoms with E-state index >= 15 is 0 Å². The smallest absolute Gasteiger partial charge is 0.340 e. The van der Waals surface area contributed by atoms with Crippen molar-refractivity contribution in [3.05, 3.63) is 11.8 Å². The monoisotopic (exact) mass is 173 g/mol. The van der Waals surface area contributed by atoms with Crippen LogP contribution in [0.5, 0.6) is 0 Å². The number of carboxylic acids is 1. The van der Waals surface area contributed by atoms with Crippen molar-refractivity contribution in [1.82, 2.24) is 5.32 Å². The van der Waals surface area contributed by atoms with Crippen LogP contribution in [0.1, 0.15) is 0 Å². The van der Waals surface area contributed by atoms with Crippen LogP contribution in [0.25, 0.3) is 0 Å². The number of aliphatic carboxylic acids is 1. The Kier molecular flexibility index (Phi) is 4.71. The molecule has 0 bridgehead atoms. The number of rotatable bonds is 5. The quantitative estimate of drug-likeness (QED) is 0.329. The summed E-state index contributed by atoms with van der Waals surface area (Å²) in [5.74, 6) is -1.81. The molecule has 5 nitrogen and oxygen atoms in total. The highest BCUT2D eigenvalue weighted by Crippen LogP contribution is 1.95. The molecule has 0 aliphatic carbocycles. The number of hydrogen-bond acceptors (Lipinski definition) is 4. The summed E-state index contributed by atoms with van der Waals surface area (Å²) in [4.78, 5) is 21.4. The minimum absolute atomic E-state index is 0.222. The SMILES string of the molecule is CNC=C(C(=O)O)C(=O)COC. The first-order chi connectivity index (χ1) is 5.63. The fourth-order valence-electron chi connectivity index (χ4n) is 0.615. The van der Waals surface area contributed by atoms with Gasteiger partial charge in [-0.1, -0.05) is 0 Å². The van der Waals surface area contributed by atoms with Gasteiger partial charge in [-0.05, 0) is 0 Å². The van der Waals surface area contributed by atoms with Gasteiger partial charge in [0, 0.05) is 20.4 Å². The number of methoxy groups -OCH3 is 1. The Labute approximate surface area is 70.0 Å². The molecule has 0 heterocycles. The average Bonchev–Trinajstić information content (AvgIpc) is 1.99. The van der Waals surface area contributed by atoms with E-state index in [0.717, 1.165) is 6.20 Å². The van der Waals surface area contributed by atoms with E-state index in [1.807, 2.05) is 0 Å². The Bertz CT molecular complexity index is 209. The number of nitrogens with one attached hydrogen (secondary N) is 1. The lowest BCUT2D eigenvalue weighted by molar-refractivity contribution is -0.135. The predicted octanol–water partition coefficient (Wildman–Crippen LogP) is -0.610. The van der Waals surface area contributed by atoms with Crippen molar-refractivity contribution in [3.63, 3.8) is 0 Å². The summed E-state index contributed by atoms with van der Waals surface area (Å²) in [6.07, 6.45) is 1.13. The summed E-state index contributed by atoms with van der Waals surface area (Å²) in [5.41, 5.74) is -0.306. The molecule has 0 saturated carbocycles. The normalized spacial score (nSPS) is 11.0. The summed E-state index contributed by atoms with van der Waals surface area (Å²) >= 11 is 0. The molecule has 0 radical (unpaired) electrons. The highest BCUT2D eigenvalue weighted by molar-refractivity contribution is 6.17. The van der Waals surface area contributed by atoms with Crippen LogP contribution in [0.2, 0.25) is 0 Å². The maximum Gasteiger partial charge on any atom is 0.340 e. The van der Waals surface area contributed by atoms with Gasteiger partial charge >= 0.3 is 5.97 Å². The third kappa shape index (κ3) is 3.16. The number of Topliss-reactive ketones (excluding diaryl/α,β-unsaturated/α-hetero) is 1. The summed E-state index contributed by atoms with van der Waals surface area (Å²) in [6.45, 7) is -0.222. The van der Waals surface area contributed by atoms with Crippen LogP contribution in [0, 0.1) is 0 Å². The van der Waals surface area contributed by atoms with E-state index in [0.29, 0.717) is 0 Å². The Morgan fingerprint density at radius 2 is 2.17 bits per heavy atom. The number of carboxylic acid groups (broad SMARTS) is 1. The van der Waals surface area contributed by atoms with Crippen molar-refractivity contribution in [3.8, 4) is 0 Å². The van der Waals surface area contributed by atoms with Crippen LogP contribution in [0.3, 0.4) is 0 Å². The zero-order chi connectivity index (χ0) is 9.56. The van der Waals surface area contributed by atoms with Crippen molar-refractivity contribution < 1.29 is 19.4 Å². The zero-order valence-corrected chi connectivity index (χ0v) is 6.96. The molecule has 68 valence electrons. The highest BCUT2D eigenvalue weighted by atomic mass is 16.5. The second kappa shape index (κ2) is 5.31. The molecule has 2 N–H and O–H groups in total. The fraction of sp³-hybridized carbons (Fsp3) is 0.429. The van der Waals surface area contributed by atoms with E-state index in [9.17, 15) is 9.59 Å². The van der Waals surface area contributed by atoms with Crippen molar-refractivity contribution in [2.75, 3.05) is 20.8 Å². The van der Waals surface area contributed by atoms with Gasteiger partial charge in [0.2, 0.25) is 0 Å². The summed E-state index contributed by atoms with van der Waals surface area (Å²) in [7, 11) is 2.85. The molecule has 5 heteroatoms. The Morgan fingerprint density at radius 3 is 2.50 bits per heavy atom. The maximum absolute atomic E-state index is 11.0. The second-order valence-electron chi connectivity index (χ2n) is 2.01. The standard InChI is InChI=1S/C7H11NO4/c1-8-3-5(7(10)11)6(9)4-12-2/h3,8H,4H2,1-2H3,(H,10,11). The van der Waals surface area contributed by atoms with Crippen LogP contribution >= 0.6 is 0 Å². The van der Waals surface area contributed by atoms with Crippen molar-refractivity contribution in [1.29, 1.82) is 0 Å². The molecule has 0 fully saturated rings. The second-order valence-corrected chi connectivity index (χ2v) is 2.01. The maximum atomic E-state index is 11.0. The third-order valence-electron chi connectivity index (χ3n) is 1.09. The first-order valence-corrected chi connectivity index (χ1v) is 3.26. The first-order valence-electron chi connectivity index (χ1n) is 3.26. The van der Waals surface area contributed by atoms with E-state index in [1.165, 1.54) is 14.2 Å². The van der Waals surface area contributed by atoms with E-state index in [-0.39, 0.29) is 12.2 Å². The Balaban J connectivity index is 4.41. The topological polar surface area (TPSA) is 75.6 Å². The molecule has 0 aromatic carbocycles. The minimum Gasteiger partial charge on any atom is -0.478 e. The molecule has 0 unspecified atom stereocenters. The van der Waals surface area contributed by atoms with Crippen LogP contribution in [0.4, 0.5) is 0 Å². The molecule has 0 rings (SSSR count). The van der Waals surface area contributed by atoms with Gasteiger partial charge in [0.1, 0.15) is 12.2 Å². The van der Waals surface area contributed by atoms with Gasteiger partial charge in [-0.15, -0.1) is 0 Å². The van der Waals surface area contributed by atoms with Gasteiger partial charge in [-0.3, -0.25) is 4.79 Å². The molecule has 12 heavy (non-hydrogen) atoms. The van der Waals surface area contributed by atoms with Crippen LogP contribution < -0.4 is 5.32 Å². The summed E-state index contributed by atoms with van der Waals surface area (Å²) < 4.78 is 4.50. The van der Waals surface area contributed by atoms with E-state index in [1.54, 1.807) is 0 Å². The minimum atomic E-state index is -1.26. The number of hydrogen-bond donors (Lipinski definition) is 2. The number of carbonyl (C=O) groups excluding carboxylic acids is 1. The van der Waals surface area contributed by atoms with Gasteiger partial charge in [-0.25, -0.2) is 4.79 Å². The Morgan fingerprint density at radius 1 is 1.58 bits per heavy atom. The van der Waals surface area contributed by atoms with E-state index < -0.39 is 11.8 Å². The third-order valence-corrected chi connectivity index (χ3v) is 1.09. The van der Waals surface area contributed by atoms with Gasteiger partial charge in [0.05, 0.1) is 0 Å². The average molecular weight is 173 g/mol. The molecule has 0 aromatic rings. The fourth-order valence-corrected chi connectivity index (χ4v) is 0.615. The van der Waals surface area contributed by atoms with Gasteiger partial charge in [0.15, 0.2) is 5.78 Å². The van der Waals surface area contributed by atoms with Gasteiger partial charge < -0.3 is 15.2 Å². The molecule has 0 amide bonds. The number of ether oxygens (including phenoxy) is 1. The van der Waals surface area contributed by atoms with Crippen molar-refractivity contribution in [2.45, 2.75) is 0 Å². The number of carbonyl (C=O) groups is 2. The lowest BCUT2D eigenvalue weighted by atomic mass is 10.2. The molecule has 0 atom stereocenters. The van der Waals surface area contributed by atoms with Crippen molar-refractivity contribution in [2.24, 2.45) is 0 Å². The van der Waals surface area contributed by atoms with E-state index in [2.05, 4.69) is 10.1 Å². The Hall–Kier alpha value is -1.36. The molecule has 0 aliphatic heterocycles. The molecular weight excluding hydrogens is 162 g/mol. The molecule has 0 aromatic heterocycles. The molecule has 0 saturated heterocycles. The molecule has 0 aliphatic rings. The zero-order valence-electron chi connectivity index (χ0n) is 6.96. The summed E-state index contributed by atoms with van der Waals surface area (Å²) in [6, 6.07) is 0. The van der Waals surface area contributed by atoms with Crippen molar-refractivity contribution >= 4 is 11.8 Å². The first kappa shape index (κ1) is 10.6. The predicted molar refractivity (Wildman–Crippen MR) is 41.7 cm³/mol. The molecular formula is C7H11NO4. The largest absolute Gasteiger partial charge is 0.478 e. The summed E-state index contributed by atoms with van der Waals surface area (Å²) in [5, 5.41) is 11.0. The van der Waals surface area contributed by atoms with Crippen LogP contribution in [-0.2, 0) is 14.3 Å². The van der Waals surface area contributed by atoms with Crippen LogP contribution in [-0.4, -0.2) is 37.6 Å². The van der Waals surface area contributed by atoms with Gasteiger partial charge in [0.25, 0.3) is 0 Å². The van der Waals surface area contributed by atoms with E-state index in [4.69, 9.17) is 5.11 Å². The van der Waals surface area contributed by atoms with Crippen LogP contribution in [0.15, 0.2) is 11.8 Å². The molecule has 0 spiro atoms. The highest BCUT2D eigenvalue weighted by Gasteiger charge is 2.15. The lowest BCUT2D eigenvalue weighted by Crippen LogP contribution is -2.18. The number of ketones is 1. The van der Waals surface area contributed by atoms with Gasteiger partial charge in [-0.2, -0.15) is 0 Å². The lowest BCUT2D eigenvalue weighted by Gasteiger charge is -1.99.